The van der Waals surface area contributed by atoms with Crippen LogP contribution in [0.1, 0.15) is 38.5 Å². The van der Waals surface area contributed by atoms with Crippen LogP contribution in [-0.2, 0) is 30.0 Å². The molecule has 3 N–H and O–H groups in total. The molecule has 0 saturated carbocycles. The zero-order valence-corrected chi connectivity index (χ0v) is 26.0. The van der Waals surface area contributed by atoms with Crippen molar-refractivity contribution < 1.29 is 33.0 Å². The van der Waals surface area contributed by atoms with Gasteiger partial charge in [-0.3, -0.25) is 23.7 Å². The minimum atomic E-state index is -4.14. The SMILES string of the molecule is C=CC(CCOP(=O)(NC(C)C(=O)OCc1ccccc1)Oc1ccccc1)C(C)(CCO)C(OC)n1ccc(=O)[nH]c1=O. The highest BCUT2D eigenvalue weighted by Crippen LogP contribution is 2.48. The van der Waals surface area contributed by atoms with Crippen molar-refractivity contribution in [3.05, 3.63) is 112 Å². The van der Waals surface area contributed by atoms with E-state index >= 15 is 0 Å². The number of hydrogen-bond acceptors (Lipinski definition) is 9. The quantitative estimate of drug-likeness (QED) is 0.106. The first kappa shape index (κ1) is 34.7. The van der Waals surface area contributed by atoms with Crippen molar-refractivity contribution >= 4 is 13.7 Å². The van der Waals surface area contributed by atoms with E-state index in [1.807, 2.05) is 37.3 Å². The van der Waals surface area contributed by atoms with E-state index in [1.165, 1.54) is 30.9 Å². The zero-order valence-electron chi connectivity index (χ0n) is 25.1. The van der Waals surface area contributed by atoms with Crippen LogP contribution in [0.3, 0.4) is 0 Å². The number of para-hydroxylation sites is 1. The zero-order chi connectivity index (χ0) is 32.2. The molecule has 44 heavy (non-hydrogen) atoms. The van der Waals surface area contributed by atoms with Crippen LogP contribution in [0, 0.1) is 11.3 Å². The number of carbonyl (C=O) groups is 1. The predicted octanol–water partition coefficient (Wildman–Crippen LogP) is 4.19. The van der Waals surface area contributed by atoms with Gasteiger partial charge in [0.05, 0.1) is 6.61 Å². The molecule has 0 spiro atoms. The highest BCUT2D eigenvalue weighted by molar-refractivity contribution is 7.52. The summed E-state index contributed by atoms with van der Waals surface area (Å²) in [6.07, 6.45) is 2.46. The number of benzene rings is 2. The summed E-state index contributed by atoms with van der Waals surface area (Å²) in [7, 11) is -2.73. The molecule has 1 aromatic heterocycles. The first-order valence-corrected chi connectivity index (χ1v) is 15.6. The molecule has 0 amide bonds. The summed E-state index contributed by atoms with van der Waals surface area (Å²) in [6, 6.07) is 17.7. The third-order valence-electron chi connectivity index (χ3n) is 7.26. The van der Waals surface area contributed by atoms with E-state index in [0.717, 1.165) is 5.56 Å². The highest BCUT2D eigenvalue weighted by atomic mass is 31.2. The molecule has 0 fully saturated rings. The van der Waals surface area contributed by atoms with Crippen LogP contribution in [0.15, 0.2) is 95.2 Å². The summed E-state index contributed by atoms with van der Waals surface area (Å²) in [5.74, 6) is -0.838. The molecule has 3 rings (SSSR count). The van der Waals surface area contributed by atoms with Gasteiger partial charge in [0.1, 0.15) is 24.6 Å². The molecule has 5 atom stereocenters. The molecule has 0 saturated heterocycles. The van der Waals surface area contributed by atoms with Crippen molar-refractivity contribution in [2.45, 2.75) is 45.6 Å². The molecule has 3 aromatic rings. The summed E-state index contributed by atoms with van der Waals surface area (Å²) in [5.41, 5.74) is -1.36. The number of nitrogens with zero attached hydrogens (tertiary/aromatic N) is 1. The summed E-state index contributed by atoms with van der Waals surface area (Å²) < 4.78 is 37.9. The topological polar surface area (TPSA) is 158 Å². The Kier molecular flexibility index (Phi) is 12.9. The van der Waals surface area contributed by atoms with Gasteiger partial charge in [0, 0.05) is 31.4 Å². The average molecular weight is 630 g/mol. The second-order valence-corrected chi connectivity index (χ2v) is 12.1. The summed E-state index contributed by atoms with van der Waals surface area (Å²) in [5, 5.41) is 12.6. The van der Waals surface area contributed by atoms with Crippen molar-refractivity contribution in [1.29, 1.82) is 0 Å². The number of methoxy groups -OCH3 is 1. The molecule has 12 nitrogen and oxygen atoms in total. The first-order chi connectivity index (χ1) is 21.0. The Balaban J connectivity index is 1.78. The number of esters is 1. The molecule has 2 aromatic carbocycles. The Morgan fingerprint density at radius 3 is 2.39 bits per heavy atom. The maximum atomic E-state index is 14.0. The number of carbonyl (C=O) groups excluding carboxylic acids is 1. The smallest absolute Gasteiger partial charge is 0.459 e. The average Bonchev–Trinajstić information content (AvgIpc) is 3.00. The van der Waals surface area contributed by atoms with Crippen molar-refractivity contribution in [2.24, 2.45) is 11.3 Å². The predicted molar refractivity (Wildman–Crippen MR) is 165 cm³/mol. The van der Waals surface area contributed by atoms with Crippen LogP contribution in [0.2, 0.25) is 0 Å². The minimum absolute atomic E-state index is 0.0416. The van der Waals surface area contributed by atoms with Crippen molar-refractivity contribution in [3.63, 3.8) is 0 Å². The third-order valence-corrected chi connectivity index (χ3v) is 8.94. The third kappa shape index (κ3) is 9.35. The van der Waals surface area contributed by atoms with Gasteiger partial charge in [-0.1, -0.05) is 61.5 Å². The normalized spacial score (nSPS) is 16.1. The van der Waals surface area contributed by atoms with Gasteiger partial charge < -0.3 is 19.1 Å². The van der Waals surface area contributed by atoms with Gasteiger partial charge in [0.25, 0.3) is 5.56 Å². The maximum absolute atomic E-state index is 14.0. The second kappa shape index (κ2) is 16.3. The lowest BCUT2D eigenvalue weighted by atomic mass is 9.71. The summed E-state index contributed by atoms with van der Waals surface area (Å²) in [6.45, 7) is 6.92. The second-order valence-electron chi connectivity index (χ2n) is 10.4. The van der Waals surface area contributed by atoms with Gasteiger partial charge in [0.15, 0.2) is 0 Å². The molecule has 0 radical (unpaired) electrons. The Labute approximate surface area is 256 Å². The molecule has 238 valence electrons. The van der Waals surface area contributed by atoms with Gasteiger partial charge in [-0.25, -0.2) is 9.36 Å². The van der Waals surface area contributed by atoms with E-state index in [4.69, 9.17) is 18.5 Å². The fraction of sp³-hybridized carbons (Fsp3) is 0.387. The number of aliphatic hydroxyl groups excluding tert-OH is 1. The molecule has 5 unspecified atom stereocenters. The van der Waals surface area contributed by atoms with Gasteiger partial charge in [0.2, 0.25) is 0 Å². The lowest BCUT2D eigenvalue weighted by Gasteiger charge is -2.42. The van der Waals surface area contributed by atoms with E-state index in [2.05, 4.69) is 16.7 Å². The van der Waals surface area contributed by atoms with Gasteiger partial charge in [-0.15, -0.1) is 6.58 Å². The number of ether oxygens (including phenoxy) is 2. The summed E-state index contributed by atoms with van der Waals surface area (Å²) >= 11 is 0. The number of hydrogen-bond donors (Lipinski definition) is 3. The Hall–Kier alpha value is -3.80. The number of rotatable bonds is 18. The van der Waals surface area contributed by atoms with E-state index < -0.39 is 48.6 Å². The molecule has 0 bridgehead atoms. The molecule has 13 heteroatoms. The van der Waals surface area contributed by atoms with Crippen molar-refractivity contribution in [3.8, 4) is 5.75 Å². The van der Waals surface area contributed by atoms with Crippen LogP contribution in [0.25, 0.3) is 0 Å². The number of aromatic amines is 1. The van der Waals surface area contributed by atoms with E-state index in [9.17, 15) is 24.1 Å². The van der Waals surface area contributed by atoms with Crippen LogP contribution in [0.4, 0.5) is 0 Å². The Morgan fingerprint density at radius 1 is 1.14 bits per heavy atom. The van der Waals surface area contributed by atoms with Crippen molar-refractivity contribution in [2.75, 3.05) is 20.3 Å². The largest absolute Gasteiger partial charge is 0.460 e. The fourth-order valence-electron chi connectivity index (χ4n) is 4.92. The number of nitrogens with one attached hydrogen (secondary N) is 2. The molecular weight excluding hydrogens is 589 g/mol. The van der Waals surface area contributed by atoms with Crippen LogP contribution in [-0.4, -0.2) is 47.0 Å². The number of H-pyrrole nitrogens is 1. The lowest BCUT2D eigenvalue weighted by Crippen LogP contribution is -2.44. The molecular formula is C31H40N3O9P. The van der Waals surface area contributed by atoms with Crippen molar-refractivity contribution in [1.82, 2.24) is 14.6 Å². The van der Waals surface area contributed by atoms with Crippen LogP contribution in [0.5, 0.6) is 5.75 Å². The van der Waals surface area contributed by atoms with Gasteiger partial charge in [-0.2, -0.15) is 5.09 Å². The number of allylic oxidation sites excluding steroid dienone is 1. The number of aliphatic hydroxyl groups is 1. The minimum Gasteiger partial charge on any atom is -0.460 e. The number of aromatic nitrogens is 2. The first-order valence-electron chi connectivity index (χ1n) is 14.1. The summed E-state index contributed by atoms with van der Waals surface area (Å²) in [4.78, 5) is 39.2. The lowest BCUT2D eigenvalue weighted by molar-refractivity contribution is -0.146. The molecule has 0 aliphatic carbocycles. The standard InChI is InChI=1S/C31H40N3O9P/c1-5-25(31(3,18-20-35)29(40-4)34-19-16-27(36)32-30(34)38)17-21-42-44(39,43-26-14-10-7-11-15-26)33-23(2)28(37)41-22-24-12-8-6-9-13-24/h5-16,19,23,25,29,35H,1,17-18,20-22H2,2-4H3,(H,33,39)(H,32,36,38). The molecule has 1 heterocycles. The van der Waals surface area contributed by atoms with E-state index in [0.29, 0.717) is 0 Å². The van der Waals surface area contributed by atoms with Gasteiger partial charge >= 0.3 is 19.4 Å². The van der Waals surface area contributed by atoms with Gasteiger partial charge in [-0.05, 0) is 43.4 Å². The fourth-order valence-corrected chi connectivity index (χ4v) is 6.42. The van der Waals surface area contributed by atoms with E-state index in [-0.39, 0.29) is 38.4 Å². The molecule has 0 aliphatic heterocycles. The molecule has 0 aliphatic rings. The Morgan fingerprint density at radius 2 is 1.80 bits per heavy atom. The monoisotopic (exact) mass is 629 g/mol. The highest BCUT2D eigenvalue weighted by Gasteiger charge is 2.42. The van der Waals surface area contributed by atoms with Crippen LogP contribution < -0.4 is 20.9 Å². The van der Waals surface area contributed by atoms with Crippen LogP contribution >= 0.6 is 7.75 Å². The van der Waals surface area contributed by atoms with E-state index in [1.54, 1.807) is 36.4 Å². The Bertz CT molecular complexity index is 1510. The maximum Gasteiger partial charge on any atom is 0.459 e.